The lowest BCUT2D eigenvalue weighted by molar-refractivity contribution is 0.0692. The summed E-state index contributed by atoms with van der Waals surface area (Å²) >= 11 is 5.93. The number of aromatic hydroxyl groups is 1. The third kappa shape index (κ3) is 3.31. The van der Waals surface area contributed by atoms with Crippen LogP contribution in [0, 0.1) is 22.6 Å². The fourth-order valence-electron chi connectivity index (χ4n) is 6.07. The van der Waals surface area contributed by atoms with E-state index in [1.54, 1.807) is 6.07 Å². The molecule has 3 unspecified atom stereocenters. The third-order valence-electron chi connectivity index (χ3n) is 8.35. The lowest BCUT2D eigenvalue weighted by Crippen LogP contribution is -2.32. The standard InChI is InChI=1S/C25H29ClFNO4/c1-24(2)14-7-8-25(24,3)17(10-14)20-19(6-5-16(23(30)31)22(20)32-4)28-12-13-9-15(27)11-18(26)21(13)29/h5-6,9,11,14,17,28-29H,7-8,10,12H2,1-4H3,(H,30,31). The molecule has 172 valence electrons. The number of methoxy groups -OCH3 is 1. The van der Waals surface area contributed by atoms with Crippen LogP contribution in [0.25, 0.3) is 0 Å². The van der Waals surface area contributed by atoms with Gasteiger partial charge >= 0.3 is 5.97 Å². The Bertz CT molecular complexity index is 1090. The first-order valence-electron chi connectivity index (χ1n) is 10.9. The first kappa shape index (κ1) is 22.7. The van der Waals surface area contributed by atoms with Crippen LogP contribution in [-0.4, -0.2) is 23.3 Å². The second-order valence-corrected chi connectivity index (χ2v) is 10.2. The van der Waals surface area contributed by atoms with Crippen molar-refractivity contribution < 1.29 is 24.1 Å². The number of fused-ring (bicyclic) bond motifs is 2. The van der Waals surface area contributed by atoms with E-state index in [1.165, 1.54) is 25.7 Å². The second kappa shape index (κ2) is 7.84. The number of hydrogen-bond donors (Lipinski definition) is 3. The summed E-state index contributed by atoms with van der Waals surface area (Å²) < 4.78 is 19.5. The van der Waals surface area contributed by atoms with Gasteiger partial charge in [0.1, 0.15) is 22.9 Å². The van der Waals surface area contributed by atoms with E-state index in [0.717, 1.165) is 30.2 Å². The molecule has 2 aliphatic carbocycles. The molecule has 7 heteroatoms. The maximum Gasteiger partial charge on any atom is 0.339 e. The fourth-order valence-corrected chi connectivity index (χ4v) is 6.30. The van der Waals surface area contributed by atoms with Crippen molar-refractivity contribution in [3.63, 3.8) is 0 Å². The molecule has 3 atom stereocenters. The number of carbonyl (C=O) groups is 1. The number of carboxylic acid groups (broad SMARTS) is 1. The Hall–Kier alpha value is -2.47. The number of aromatic carboxylic acids is 1. The van der Waals surface area contributed by atoms with Crippen LogP contribution in [-0.2, 0) is 6.54 Å². The molecule has 2 saturated carbocycles. The summed E-state index contributed by atoms with van der Waals surface area (Å²) in [6.45, 7) is 7.03. The molecule has 0 aromatic heterocycles. The monoisotopic (exact) mass is 461 g/mol. The highest BCUT2D eigenvalue weighted by Gasteiger charge is 2.62. The summed E-state index contributed by atoms with van der Waals surface area (Å²) in [7, 11) is 1.49. The number of hydrogen-bond acceptors (Lipinski definition) is 4. The van der Waals surface area contributed by atoms with Crippen LogP contribution in [0.1, 0.15) is 67.4 Å². The molecule has 2 aromatic rings. The molecule has 2 aliphatic rings. The molecule has 4 rings (SSSR count). The Labute approximate surface area is 192 Å². The summed E-state index contributed by atoms with van der Waals surface area (Å²) in [5, 5.41) is 23.3. The number of benzene rings is 2. The number of nitrogens with one attached hydrogen (secondary N) is 1. The maximum absolute atomic E-state index is 13.8. The highest BCUT2D eigenvalue weighted by molar-refractivity contribution is 6.32. The van der Waals surface area contributed by atoms with E-state index < -0.39 is 11.8 Å². The minimum absolute atomic E-state index is 0.0111. The van der Waals surface area contributed by atoms with E-state index >= 15 is 0 Å². The first-order valence-corrected chi connectivity index (χ1v) is 11.2. The molecule has 2 fully saturated rings. The van der Waals surface area contributed by atoms with Gasteiger partial charge in [0.15, 0.2) is 0 Å². The minimum Gasteiger partial charge on any atom is -0.506 e. The number of carboxylic acids is 1. The Balaban J connectivity index is 1.80. The molecule has 0 saturated heterocycles. The van der Waals surface area contributed by atoms with Crippen molar-refractivity contribution >= 4 is 23.3 Å². The Morgan fingerprint density at radius 3 is 2.59 bits per heavy atom. The van der Waals surface area contributed by atoms with Gasteiger partial charge in [0.2, 0.25) is 0 Å². The molecule has 0 amide bonds. The average molecular weight is 462 g/mol. The van der Waals surface area contributed by atoms with Gasteiger partial charge in [-0.2, -0.15) is 0 Å². The first-order chi connectivity index (χ1) is 15.0. The van der Waals surface area contributed by atoms with Crippen molar-refractivity contribution in [2.24, 2.45) is 16.7 Å². The van der Waals surface area contributed by atoms with Gasteiger partial charge in [0.25, 0.3) is 0 Å². The van der Waals surface area contributed by atoms with E-state index in [2.05, 4.69) is 26.1 Å². The van der Waals surface area contributed by atoms with E-state index in [-0.39, 0.29) is 39.6 Å². The molecule has 2 bridgehead atoms. The largest absolute Gasteiger partial charge is 0.506 e. The van der Waals surface area contributed by atoms with Gasteiger partial charge in [0.05, 0.1) is 12.1 Å². The van der Waals surface area contributed by atoms with Crippen LogP contribution in [0.3, 0.4) is 0 Å². The fraction of sp³-hybridized carbons (Fsp3) is 0.480. The predicted molar refractivity (Wildman–Crippen MR) is 122 cm³/mol. The van der Waals surface area contributed by atoms with Crippen LogP contribution in [0.2, 0.25) is 5.02 Å². The van der Waals surface area contributed by atoms with Crippen LogP contribution < -0.4 is 10.1 Å². The maximum atomic E-state index is 13.8. The number of rotatable bonds is 6. The van der Waals surface area contributed by atoms with Crippen molar-refractivity contribution in [3.05, 3.63) is 51.8 Å². The summed E-state index contributed by atoms with van der Waals surface area (Å²) in [4.78, 5) is 11.9. The lowest BCUT2D eigenvalue weighted by atomic mass is 9.64. The Morgan fingerprint density at radius 2 is 2.03 bits per heavy atom. The molecule has 5 nitrogen and oxygen atoms in total. The molecule has 0 heterocycles. The Kier molecular flexibility index (Phi) is 5.56. The minimum atomic E-state index is -1.04. The zero-order valence-corrected chi connectivity index (χ0v) is 19.5. The normalized spacial score (nSPS) is 25.7. The molecule has 0 aliphatic heterocycles. The highest BCUT2D eigenvalue weighted by atomic mass is 35.5. The van der Waals surface area contributed by atoms with Crippen LogP contribution >= 0.6 is 11.6 Å². The van der Waals surface area contributed by atoms with Gasteiger partial charge in [-0.15, -0.1) is 0 Å². The molecule has 0 spiro atoms. The van der Waals surface area contributed by atoms with Gasteiger partial charge in [-0.05, 0) is 66.2 Å². The molecular weight excluding hydrogens is 433 g/mol. The van der Waals surface area contributed by atoms with E-state index in [0.29, 0.717) is 17.2 Å². The number of ether oxygens (including phenoxy) is 1. The van der Waals surface area contributed by atoms with Crippen LogP contribution in [0.5, 0.6) is 11.5 Å². The lowest BCUT2D eigenvalue weighted by Gasteiger charge is -2.40. The van der Waals surface area contributed by atoms with Crippen molar-refractivity contribution in [1.29, 1.82) is 0 Å². The van der Waals surface area contributed by atoms with Crippen molar-refractivity contribution in [1.82, 2.24) is 0 Å². The van der Waals surface area contributed by atoms with Gasteiger partial charge < -0.3 is 20.3 Å². The summed E-state index contributed by atoms with van der Waals surface area (Å²) in [5.74, 6) is -0.738. The van der Waals surface area contributed by atoms with Gasteiger partial charge in [-0.25, -0.2) is 9.18 Å². The highest BCUT2D eigenvalue weighted by Crippen LogP contribution is 2.72. The second-order valence-electron chi connectivity index (χ2n) is 9.82. The number of phenolic OH excluding ortho intramolecular Hbond substituents is 1. The van der Waals surface area contributed by atoms with Gasteiger partial charge in [-0.3, -0.25) is 0 Å². The zero-order valence-electron chi connectivity index (χ0n) is 18.8. The molecule has 2 aromatic carbocycles. The smallest absolute Gasteiger partial charge is 0.339 e. The van der Waals surface area contributed by atoms with Crippen LogP contribution in [0.15, 0.2) is 24.3 Å². The van der Waals surface area contributed by atoms with Crippen molar-refractivity contribution in [2.75, 3.05) is 12.4 Å². The van der Waals surface area contributed by atoms with E-state index in [9.17, 15) is 19.4 Å². The molecule has 32 heavy (non-hydrogen) atoms. The van der Waals surface area contributed by atoms with Crippen LogP contribution in [0.4, 0.5) is 10.1 Å². The van der Waals surface area contributed by atoms with Crippen molar-refractivity contribution in [2.45, 2.75) is 52.5 Å². The van der Waals surface area contributed by atoms with Crippen molar-refractivity contribution in [3.8, 4) is 11.5 Å². The quantitative estimate of drug-likeness (QED) is 0.461. The number of halogens is 2. The number of phenols is 1. The molecule has 3 N–H and O–H groups in total. The molecular formula is C25H29ClFNO4. The van der Waals surface area contributed by atoms with E-state index in [4.69, 9.17) is 16.3 Å². The van der Waals surface area contributed by atoms with E-state index in [1.807, 2.05) is 0 Å². The predicted octanol–water partition coefficient (Wildman–Crippen LogP) is 6.43. The third-order valence-corrected chi connectivity index (χ3v) is 8.64. The Morgan fingerprint density at radius 1 is 1.31 bits per heavy atom. The SMILES string of the molecule is COc1c(C(=O)O)ccc(NCc2cc(F)cc(Cl)c2O)c1C1CC2CCC1(C)C2(C)C. The summed E-state index contributed by atoms with van der Waals surface area (Å²) in [5.41, 5.74) is 2.11. The zero-order chi connectivity index (χ0) is 23.4. The summed E-state index contributed by atoms with van der Waals surface area (Å²) in [6.07, 6.45) is 3.18. The topological polar surface area (TPSA) is 78.8 Å². The van der Waals surface area contributed by atoms with Gasteiger partial charge in [0, 0.05) is 23.4 Å². The number of anilines is 1. The van der Waals surface area contributed by atoms with Gasteiger partial charge in [-0.1, -0.05) is 32.4 Å². The molecule has 0 radical (unpaired) electrons. The summed E-state index contributed by atoms with van der Waals surface area (Å²) in [6, 6.07) is 5.56. The average Bonchev–Trinajstić information content (AvgIpc) is 3.07.